The molecule has 0 heterocycles. The highest BCUT2D eigenvalue weighted by Gasteiger charge is 2.49. The summed E-state index contributed by atoms with van der Waals surface area (Å²) >= 11 is 0. The predicted molar refractivity (Wildman–Crippen MR) is 54.0 cm³/mol. The van der Waals surface area contributed by atoms with E-state index in [1.54, 1.807) is 0 Å². The molecule has 0 unspecified atom stereocenters. The summed E-state index contributed by atoms with van der Waals surface area (Å²) in [5.74, 6) is -2.24. The molecule has 0 saturated heterocycles. The molecule has 0 N–H and O–H groups in total. The standard InChI is InChI=1S/C12H12F2O2/c1-2-12(5-6-12)11(15)16-8-3-4-9(13)10(14)7-8/h3-4,7H,2,5-6H2,1H3. The fourth-order valence-corrected chi connectivity index (χ4v) is 1.61. The molecular formula is C12H12F2O2. The third-order valence-corrected chi connectivity index (χ3v) is 3.06. The Balaban J connectivity index is 2.09. The molecule has 0 aromatic heterocycles. The fourth-order valence-electron chi connectivity index (χ4n) is 1.61. The molecule has 16 heavy (non-hydrogen) atoms. The molecule has 0 aliphatic heterocycles. The molecule has 1 aliphatic rings. The molecule has 1 saturated carbocycles. The van der Waals surface area contributed by atoms with Crippen molar-refractivity contribution in [1.82, 2.24) is 0 Å². The first-order chi connectivity index (χ1) is 7.57. The summed E-state index contributed by atoms with van der Waals surface area (Å²) < 4.78 is 30.5. The molecule has 1 fully saturated rings. The van der Waals surface area contributed by atoms with E-state index in [0.717, 1.165) is 31.4 Å². The Morgan fingerprint density at radius 2 is 2.06 bits per heavy atom. The number of halogens is 2. The lowest BCUT2D eigenvalue weighted by Gasteiger charge is -2.11. The second kappa shape index (κ2) is 3.85. The van der Waals surface area contributed by atoms with E-state index in [-0.39, 0.29) is 17.1 Å². The molecule has 2 rings (SSSR count). The van der Waals surface area contributed by atoms with Crippen LogP contribution >= 0.6 is 0 Å². The van der Waals surface area contributed by atoms with E-state index in [9.17, 15) is 13.6 Å². The van der Waals surface area contributed by atoms with Gasteiger partial charge in [-0.3, -0.25) is 4.79 Å². The van der Waals surface area contributed by atoms with Gasteiger partial charge in [0.2, 0.25) is 0 Å². The second-order valence-corrected chi connectivity index (χ2v) is 4.10. The minimum absolute atomic E-state index is 0.0589. The van der Waals surface area contributed by atoms with Gasteiger partial charge in [0.25, 0.3) is 0 Å². The maximum atomic E-state index is 12.9. The lowest BCUT2D eigenvalue weighted by Crippen LogP contribution is -2.21. The maximum absolute atomic E-state index is 12.9. The summed E-state index contributed by atoms with van der Waals surface area (Å²) in [6.07, 6.45) is 2.34. The summed E-state index contributed by atoms with van der Waals surface area (Å²) in [5, 5.41) is 0. The third kappa shape index (κ3) is 1.92. The van der Waals surface area contributed by atoms with Crippen LogP contribution in [0, 0.1) is 17.0 Å². The van der Waals surface area contributed by atoms with Crippen molar-refractivity contribution in [2.45, 2.75) is 26.2 Å². The van der Waals surface area contributed by atoms with Crippen LogP contribution in [0.15, 0.2) is 18.2 Å². The van der Waals surface area contributed by atoms with Crippen LogP contribution in [0.3, 0.4) is 0 Å². The van der Waals surface area contributed by atoms with Crippen LogP contribution in [0.2, 0.25) is 0 Å². The summed E-state index contributed by atoms with van der Waals surface area (Å²) in [6.45, 7) is 1.92. The fraction of sp³-hybridized carbons (Fsp3) is 0.417. The minimum atomic E-state index is -1.01. The molecule has 2 nitrogen and oxygen atoms in total. The Kier molecular flexibility index (Phi) is 2.66. The van der Waals surface area contributed by atoms with Gasteiger partial charge < -0.3 is 4.74 Å². The Morgan fingerprint density at radius 3 is 2.56 bits per heavy atom. The van der Waals surface area contributed by atoms with Crippen LogP contribution in [0.1, 0.15) is 26.2 Å². The SMILES string of the molecule is CCC1(C(=O)Oc2ccc(F)c(F)c2)CC1. The van der Waals surface area contributed by atoms with Gasteiger partial charge in [0, 0.05) is 6.07 Å². The Morgan fingerprint density at radius 1 is 1.38 bits per heavy atom. The molecule has 0 radical (unpaired) electrons. The van der Waals surface area contributed by atoms with Crippen molar-refractivity contribution in [3.8, 4) is 5.75 Å². The first-order valence-corrected chi connectivity index (χ1v) is 5.25. The third-order valence-electron chi connectivity index (χ3n) is 3.06. The number of carbonyl (C=O) groups is 1. The van der Waals surface area contributed by atoms with Crippen LogP contribution < -0.4 is 4.74 Å². The predicted octanol–water partition coefficient (Wildman–Crippen LogP) is 3.06. The number of hydrogen-bond donors (Lipinski definition) is 0. The van der Waals surface area contributed by atoms with Gasteiger partial charge >= 0.3 is 5.97 Å². The number of ether oxygens (including phenoxy) is 1. The number of esters is 1. The number of benzene rings is 1. The van der Waals surface area contributed by atoms with Gasteiger partial charge in [-0.05, 0) is 31.4 Å². The molecule has 0 spiro atoms. The molecule has 0 bridgehead atoms. The lowest BCUT2D eigenvalue weighted by atomic mass is 10.1. The van der Waals surface area contributed by atoms with Gasteiger partial charge in [0.05, 0.1) is 5.41 Å². The smallest absolute Gasteiger partial charge is 0.317 e. The summed E-state index contributed by atoms with van der Waals surface area (Å²) in [4.78, 5) is 11.7. The summed E-state index contributed by atoms with van der Waals surface area (Å²) in [6, 6.07) is 3.09. The van der Waals surface area contributed by atoms with Crippen molar-refractivity contribution in [3.63, 3.8) is 0 Å². The van der Waals surface area contributed by atoms with Crippen LogP contribution in [0.5, 0.6) is 5.75 Å². The van der Waals surface area contributed by atoms with Gasteiger partial charge in [0.15, 0.2) is 11.6 Å². The van der Waals surface area contributed by atoms with E-state index in [0.29, 0.717) is 0 Å². The van der Waals surface area contributed by atoms with E-state index < -0.39 is 11.6 Å². The zero-order valence-electron chi connectivity index (χ0n) is 8.93. The quantitative estimate of drug-likeness (QED) is 0.585. The largest absolute Gasteiger partial charge is 0.426 e. The van der Waals surface area contributed by atoms with Gasteiger partial charge in [0.1, 0.15) is 5.75 Å². The molecule has 0 amide bonds. The van der Waals surface area contributed by atoms with Crippen molar-refractivity contribution in [1.29, 1.82) is 0 Å². The highest BCUT2D eigenvalue weighted by molar-refractivity contribution is 5.81. The first-order valence-electron chi connectivity index (χ1n) is 5.25. The zero-order valence-corrected chi connectivity index (χ0v) is 8.93. The molecule has 1 aromatic carbocycles. The monoisotopic (exact) mass is 226 g/mol. The molecular weight excluding hydrogens is 214 g/mol. The van der Waals surface area contributed by atoms with Crippen LogP contribution in [-0.4, -0.2) is 5.97 Å². The maximum Gasteiger partial charge on any atom is 0.317 e. The van der Waals surface area contributed by atoms with Crippen molar-refractivity contribution in [2.75, 3.05) is 0 Å². The van der Waals surface area contributed by atoms with Gasteiger partial charge in [-0.25, -0.2) is 8.78 Å². The zero-order chi connectivity index (χ0) is 11.8. The van der Waals surface area contributed by atoms with Crippen LogP contribution in [0.4, 0.5) is 8.78 Å². The Hall–Kier alpha value is -1.45. The molecule has 1 aliphatic carbocycles. The van der Waals surface area contributed by atoms with Gasteiger partial charge in [-0.1, -0.05) is 6.92 Å². The second-order valence-electron chi connectivity index (χ2n) is 4.10. The molecule has 86 valence electrons. The average molecular weight is 226 g/mol. The van der Waals surface area contributed by atoms with E-state index in [2.05, 4.69) is 0 Å². The molecule has 4 heteroatoms. The number of hydrogen-bond acceptors (Lipinski definition) is 2. The van der Waals surface area contributed by atoms with E-state index in [1.165, 1.54) is 6.07 Å². The van der Waals surface area contributed by atoms with Crippen molar-refractivity contribution in [3.05, 3.63) is 29.8 Å². The topological polar surface area (TPSA) is 26.3 Å². The van der Waals surface area contributed by atoms with Gasteiger partial charge in [-0.2, -0.15) is 0 Å². The van der Waals surface area contributed by atoms with Crippen molar-refractivity contribution < 1.29 is 18.3 Å². The van der Waals surface area contributed by atoms with E-state index in [4.69, 9.17) is 4.74 Å². The Bertz CT molecular complexity index is 425. The molecule has 0 atom stereocenters. The van der Waals surface area contributed by atoms with Crippen molar-refractivity contribution in [2.24, 2.45) is 5.41 Å². The first kappa shape index (κ1) is 11.0. The van der Waals surface area contributed by atoms with Crippen molar-refractivity contribution >= 4 is 5.97 Å². The summed E-state index contributed by atoms with van der Waals surface area (Å²) in [7, 11) is 0. The average Bonchev–Trinajstić information content (AvgIpc) is 3.04. The highest BCUT2D eigenvalue weighted by atomic mass is 19.2. The van der Waals surface area contributed by atoms with E-state index >= 15 is 0 Å². The lowest BCUT2D eigenvalue weighted by molar-refractivity contribution is -0.140. The van der Waals surface area contributed by atoms with E-state index in [1.807, 2.05) is 6.92 Å². The number of carbonyl (C=O) groups excluding carboxylic acids is 1. The summed E-state index contributed by atoms with van der Waals surface area (Å²) in [5.41, 5.74) is -0.384. The van der Waals surface area contributed by atoms with Crippen LogP contribution in [0.25, 0.3) is 0 Å². The minimum Gasteiger partial charge on any atom is -0.426 e. The highest BCUT2D eigenvalue weighted by Crippen LogP contribution is 2.49. The number of rotatable bonds is 3. The normalized spacial score (nSPS) is 16.9. The van der Waals surface area contributed by atoms with Crippen LogP contribution in [-0.2, 0) is 4.79 Å². The van der Waals surface area contributed by atoms with Gasteiger partial charge in [-0.15, -0.1) is 0 Å². The molecule has 1 aromatic rings. The Labute approximate surface area is 92.2 Å².